The summed E-state index contributed by atoms with van der Waals surface area (Å²) in [6, 6.07) is 10.3. The van der Waals surface area contributed by atoms with E-state index in [2.05, 4.69) is 10.1 Å². The molecule has 0 unspecified atom stereocenters. The van der Waals surface area contributed by atoms with Crippen LogP contribution in [0.1, 0.15) is 23.1 Å². The molecular weight excluding hydrogens is 375 g/mol. The van der Waals surface area contributed by atoms with Crippen LogP contribution in [0.5, 0.6) is 5.75 Å². The number of carboxylic acids is 1. The number of benzene rings is 2. The maximum absolute atomic E-state index is 12.5. The monoisotopic (exact) mass is 394 g/mol. The van der Waals surface area contributed by atoms with E-state index >= 15 is 0 Å². The second-order valence-corrected chi connectivity index (χ2v) is 6.53. The van der Waals surface area contributed by atoms with Crippen molar-refractivity contribution in [3.05, 3.63) is 59.2 Å². The highest BCUT2D eigenvalue weighted by Gasteiger charge is 2.31. The first-order valence-corrected chi connectivity index (χ1v) is 8.45. The number of aliphatic carboxylic acids is 1. The molecule has 0 aliphatic heterocycles. The molecular formula is C20H19F3NO4-. The van der Waals surface area contributed by atoms with E-state index in [0.717, 1.165) is 28.8 Å². The molecule has 1 amide bonds. The van der Waals surface area contributed by atoms with E-state index < -0.39 is 36.3 Å². The number of carboxylic acid groups (broad SMARTS) is 1. The fraction of sp³-hybridized carbons (Fsp3) is 0.300. The summed E-state index contributed by atoms with van der Waals surface area (Å²) in [4.78, 5) is 23.6. The molecule has 0 aliphatic rings. The Labute approximate surface area is 160 Å². The van der Waals surface area contributed by atoms with Crippen LogP contribution in [0.3, 0.4) is 0 Å². The number of halogens is 3. The van der Waals surface area contributed by atoms with Crippen LogP contribution < -0.4 is 15.2 Å². The molecule has 0 saturated heterocycles. The summed E-state index contributed by atoms with van der Waals surface area (Å²) in [5.74, 6) is -3.24. The topological polar surface area (TPSA) is 78.5 Å². The number of anilines is 1. The average molecular weight is 394 g/mol. The summed E-state index contributed by atoms with van der Waals surface area (Å²) < 4.78 is 40.3. The standard InChI is InChI=1S/C20H20F3NO4/c1-12-7-13(2)9-14(8-12)10-15(11-18(25)26)19(27)24-16-3-5-17(6-4-16)28-20(21,22)23/h3-9,15H,10-11H2,1-2H3,(H,24,27)(H,25,26)/p-1/t15-/m1/s1. The predicted molar refractivity (Wildman–Crippen MR) is 94.5 cm³/mol. The molecule has 2 aromatic carbocycles. The third-order valence-electron chi connectivity index (χ3n) is 3.90. The van der Waals surface area contributed by atoms with Gasteiger partial charge in [0.25, 0.3) is 0 Å². The van der Waals surface area contributed by atoms with Gasteiger partial charge in [0.05, 0.1) is 0 Å². The highest BCUT2D eigenvalue weighted by atomic mass is 19.4. The maximum Gasteiger partial charge on any atom is 0.573 e. The second-order valence-electron chi connectivity index (χ2n) is 6.53. The minimum absolute atomic E-state index is 0.192. The number of aryl methyl sites for hydroxylation is 2. The molecule has 28 heavy (non-hydrogen) atoms. The molecule has 0 aliphatic carbocycles. The lowest BCUT2D eigenvalue weighted by molar-refractivity contribution is -0.306. The lowest BCUT2D eigenvalue weighted by Gasteiger charge is -2.18. The number of rotatable bonds is 7. The molecule has 0 spiro atoms. The third kappa shape index (κ3) is 6.94. The molecule has 0 saturated carbocycles. The quantitative estimate of drug-likeness (QED) is 0.783. The zero-order valence-corrected chi connectivity index (χ0v) is 15.3. The Kier molecular flexibility index (Phi) is 6.66. The molecule has 0 fully saturated rings. The van der Waals surface area contributed by atoms with Gasteiger partial charge in [0, 0.05) is 17.6 Å². The van der Waals surface area contributed by atoms with Gasteiger partial charge in [-0.05, 0) is 56.5 Å². The van der Waals surface area contributed by atoms with E-state index in [1.165, 1.54) is 12.1 Å². The van der Waals surface area contributed by atoms with Gasteiger partial charge in [0.15, 0.2) is 0 Å². The SMILES string of the molecule is Cc1cc(C)cc(C[C@H](CC(=O)[O-])C(=O)Nc2ccc(OC(F)(F)F)cc2)c1. The van der Waals surface area contributed by atoms with Gasteiger partial charge in [-0.1, -0.05) is 29.3 Å². The zero-order valence-electron chi connectivity index (χ0n) is 15.3. The Morgan fingerprint density at radius 1 is 1.07 bits per heavy atom. The first-order chi connectivity index (χ1) is 13.0. The van der Waals surface area contributed by atoms with Gasteiger partial charge in [-0.3, -0.25) is 4.79 Å². The van der Waals surface area contributed by atoms with Crippen molar-refractivity contribution in [1.82, 2.24) is 0 Å². The van der Waals surface area contributed by atoms with Crippen molar-refractivity contribution in [2.24, 2.45) is 5.92 Å². The number of ether oxygens (including phenoxy) is 1. The number of hydrogen-bond donors (Lipinski definition) is 1. The van der Waals surface area contributed by atoms with Crippen molar-refractivity contribution in [2.75, 3.05) is 5.32 Å². The van der Waals surface area contributed by atoms with Crippen molar-refractivity contribution in [3.8, 4) is 5.75 Å². The van der Waals surface area contributed by atoms with Crippen LogP contribution in [0.15, 0.2) is 42.5 Å². The van der Waals surface area contributed by atoms with E-state index in [0.29, 0.717) is 0 Å². The van der Waals surface area contributed by atoms with Crippen LogP contribution in [0.25, 0.3) is 0 Å². The minimum Gasteiger partial charge on any atom is -0.550 e. The van der Waals surface area contributed by atoms with E-state index in [9.17, 15) is 27.9 Å². The first kappa shape index (κ1) is 21.3. The minimum atomic E-state index is -4.81. The largest absolute Gasteiger partial charge is 0.573 e. The fourth-order valence-corrected chi connectivity index (χ4v) is 2.91. The smallest absolute Gasteiger partial charge is 0.550 e. The van der Waals surface area contributed by atoms with Crippen molar-refractivity contribution in [2.45, 2.75) is 33.1 Å². The van der Waals surface area contributed by atoms with Crippen molar-refractivity contribution in [1.29, 1.82) is 0 Å². The van der Waals surface area contributed by atoms with Gasteiger partial charge in [-0.15, -0.1) is 13.2 Å². The van der Waals surface area contributed by atoms with Crippen molar-refractivity contribution >= 4 is 17.6 Å². The van der Waals surface area contributed by atoms with Gasteiger partial charge in [0.1, 0.15) is 5.75 Å². The van der Waals surface area contributed by atoms with Gasteiger partial charge in [-0.2, -0.15) is 0 Å². The second kappa shape index (κ2) is 8.77. The van der Waals surface area contributed by atoms with Gasteiger partial charge < -0.3 is 20.0 Å². The summed E-state index contributed by atoms with van der Waals surface area (Å²) in [7, 11) is 0. The Morgan fingerprint density at radius 3 is 2.14 bits per heavy atom. The summed E-state index contributed by atoms with van der Waals surface area (Å²) in [5, 5.41) is 13.6. The van der Waals surface area contributed by atoms with Crippen LogP contribution in [0, 0.1) is 19.8 Å². The van der Waals surface area contributed by atoms with E-state index in [1.54, 1.807) is 0 Å². The molecule has 8 heteroatoms. The van der Waals surface area contributed by atoms with Crippen LogP contribution in [0.4, 0.5) is 18.9 Å². The predicted octanol–water partition coefficient (Wildman–Crippen LogP) is 3.14. The van der Waals surface area contributed by atoms with Crippen LogP contribution in [-0.2, 0) is 16.0 Å². The first-order valence-electron chi connectivity index (χ1n) is 8.45. The molecule has 150 valence electrons. The lowest BCUT2D eigenvalue weighted by atomic mass is 9.93. The van der Waals surface area contributed by atoms with Crippen LogP contribution >= 0.6 is 0 Å². The molecule has 0 bridgehead atoms. The average Bonchev–Trinajstić information content (AvgIpc) is 2.53. The highest BCUT2D eigenvalue weighted by Crippen LogP contribution is 2.24. The zero-order chi connectivity index (χ0) is 20.9. The number of nitrogens with one attached hydrogen (secondary N) is 1. The Morgan fingerprint density at radius 2 is 1.64 bits per heavy atom. The normalized spacial score (nSPS) is 12.3. The van der Waals surface area contributed by atoms with E-state index in [-0.39, 0.29) is 12.1 Å². The highest BCUT2D eigenvalue weighted by molar-refractivity contribution is 5.94. The Bertz CT molecular complexity index is 827. The molecule has 0 radical (unpaired) electrons. The van der Waals surface area contributed by atoms with Crippen LogP contribution in [-0.4, -0.2) is 18.2 Å². The molecule has 0 aromatic heterocycles. The number of hydrogen-bond acceptors (Lipinski definition) is 4. The van der Waals surface area contributed by atoms with Gasteiger partial charge in [-0.25, -0.2) is 0 Å². The molecule has 2 rings (SSSR count). The summed E-state index contributed by atoms with van der Waals surface area (Å²) in [6.07, 6.45) is -5.10. The van der Waals surface area contributed by atoms with E-state index in [1.807, 2.05) is 32.0 Å². The van der Waals surface area contributed by atoms with Crippen molar-refractivity contribution < 1.29 is 32.6 Å². The molecule has 0 heterocycles. The summed E-state index contributed by atoms with van der Waals surface area (Å²) >= 11 is 0. The summed E-state index contributed by atoms with van der Waals surface area (Å²) in [5.41, 5.74) is 3.02. The Balaban J connectivity index is 2.11. The third-order valence-corrected chi connectivity index (χ3v) is 3.90. The lowest BCUT2D eigenvalue weighted by Crippen LogP contribution is -2.32. The number of amides is 1. The molecule has 2 aromatic rings. The molecule has 1 N–H and O–H groups in total. The van der Waals surface area contributed by atoms with Crippen LogP contribution in [0.2, 0.25) is 0 Å². The van der Waals surface area contributed by atoms with Crippen molar-refractivity contribution in [3.63, 3.8) is 0 Å². The fourth-order valence-electron chi connectivity index (χ4n) is 2.91. The van der Waals surface area contributed by atoms with Gasteiger partial charge >= 0.3 is 6.36 Å². The van der Waals surface area contributed by atoms with E-state index in [4.69, 9.17) is 0 Å². The summed E-state index contributed by atoms with van der Waals surface area (Å²) in [6.45, 7) is 3.80. The Hall–Kier alpha value is -3.03. The molecule has 1 atom stereocenters. The number of carbonyl (C=O) groups excluding carboxylic acids is 2. The number of alkyl halides is 3. The maximum atomic E-state index is 12.5. The van der Waals surface area contributed by atoms with Gasteiger partial charge in [0.2, 0.25) is 5.91 Å². The number of carbonyl (C=O) groups is 2. The molecule has 5 nitrogen and oxygen atoms in total.